The van der Waals surface area contributed by atoms with E-state index in [4.69, 9.17) is 4.74 Å². The number of ether oxygens (including phenoxy) is 1. The molecule has 0 saturated heterocycles. The highest BCUT2D eigenvalue weighted by molar-refractivity contribution is 5.55. The van der Waals surface area contributed by atoms with Gasteiger partial charge in [-0.15, -0.1) is 0 Å². The van der Waals surface area contributed by atoms with Crippen molar-refractivity contribution in [1.82, 2.24) is 0 Å². The Morgan fingerprint density at radius 1 is 1.00 bits per heavy atom. The van der Waals surface area contributed by atoms with Gasteiger partial charge >= 0.3 is 5.69 Å². The molecule has 0 aliphatic carbocycles. The molecule has 0 unspecified atom stereocenters. The molecule has 0 N–H and O–H groups in total. The Hall–Kier alpha value is -2.96. The molecule has 0 bridgehead atoms. The molecular formula is C15H14N2O5. The number of rotatable bonds is 5. The predicted octanol–water partition coefficient (Wildman–Crippen LogP) is 3.41. The molecule has 0 saturated carbocycles. The van der Waals surface area contributed by atoms with Gasteiger partial charge in [0.1, 0.15) is 0 Å². The fourth-order valence-electron chi connectivity index (χ4n) is 2.35. The van der Waals surface area contributed by atoms with Gasteiger partial charge in [-0.05, 0) is 18.6 Å². The first-order valence-electron chi connectivity index (χ1n) is 6.49. The van der Waals surface area contributed by atoms with Crippen LogP contribution in [0.2, 0.25) is 0 Å². The molecule has 22 heavy (non-hydrogen) atoms. The number of nitro groups is 2. The monoisotopic (exact) mass is 302 g/mol. The van der Waals surface area contributed by atoms with Crippen molar-refractivity contribution in [3.05, 3.63) is 73.3 Å². The Balaban J connectivity index is 2.50. The van der Waals surface area contributed by atoms with Crippen molar-refractivity contribution in [2.24, 2.45) is 0 Å². The highest BCUT2D eigenvalue weighted by atomic mass is 16.6. The molecule has 0 atom stereocenters. The normalized spacial score (nSPS) is 10.3. The highest BCUT2D eigenvalue weighted by Gasteiger charge is 2.22. The zero-order valence-corrected chi connectivity index (χ0v) is 12.1. The van der Waals surface area contributed by atoms with E-state index in [0.29, 0.717) is 16.7 Å². The van der Waals surface area contributed by atoms with Crippen molar-refractivity contribution >= 4 is 11.4 Å². The number of hydrogen-bond donors (Lipinski definition) is 0. The van der Waals surface area contributed by atoms with Crippen LogP contribution in [0.3, 0.4) is 0 Å². The van der Waals surface area contributed by atoms with E-state index >= 15 is 0 Å². The average molecular weight is 302 g/mol. The highest BCUT2D eigenvalue weighted by Crippen LogP contribution is 2.33. The van der Waals surface area contributed by atoms with Gasteiger partial charge in [0.25, 0.3) is 5.69 Å². The molecule has 2 rings (SSSR count). The zero-order chi connectivity index (χ0) is 16.3. The SMILES string of the molecule is COc1cccc(Cc2cccc([N+](=O)[O-])c2C)c1[N+](=O)[O-]. The van der Waals surface area contributed by atoms with Gasteiger partial charge in [0.05, 0.1) is 17.0 Å². The number of para-hydroxylation sites is 1. The summed E-state index contributed by atoms with van der Waals surface area (Å²) >= 11 is 0. The lowest BCUT2D eigenvalue weighted by atomic mass is 9.98. The smallest absolute Gasteiger partial charge is 0.314 e. The first-order valence-corrected chi connectivity index (χ1v) is 6.49. The first-order chi connectivity index (χ1) is 10.5. The van der Waals surface area contributed by atoms with Crippen molar-refractivity contribution in [2.45, 2.75) is 13.3 Å². The summed E-state index contributed by atoms with van der Waals surface area (Å²) in [5, 5.41) is 22.2. The Kier molecular flexibility index (Phi) is 4.36. The van der Waals surface area contributed by atoms with Gasteiger partial charge in [0, 0.05) is 23.6 Å². The minimum absolute atomic E-state index is 0.00282. The van der Waals surface area contributed by atoms with E-state index in [1.807, 2.05) is 0 Å². The van der Waals surface area contributed by atoms with Gasteiger partial charge in [-0.2, -0.15) is 0 Å². The number of hydrogen-bond acceptors (Lipinski definition) is 5. The summed E-state index contributed by atoms with van der Waals surface area (Å²) in [5.74, 6) is 0.172. The average Bonchev–Trinajstić information content (AvgIpc) is 2.48. The van der Waals surface area contributed by atoms with Crippen molar-refractivity contribution in [2.75, 3.05) is 7.11 Å². The van der Waals surface area contributed by atoms with Crippen LogP contribution < -0.4 is 4.74 Å². The molecule has 0 fully saturated rings. The van der Waals surface area contributed by atoms with E-state index in [1.165, 1.54) is 19.2 Å². The number of nitro benzene ring substituents is 2. The van der Waals surface area contributed by atoms with Crippen LogP contribution in [-0.4, -0.2) is 17.0 Å². The molecule has 0 heterocycles. The molecule has 0 aliphatic rings. The van der Waals surface area contributed by atoms with Crippen molar-refractivity contribution < 1.29 is 14.6 Å². The third-order valence-electron chi connectivity index (χ3n) is 3.48. The summed E-state index contributed by atoms with van der Waals surface area (Å²) in [7, 11) is 1.37. The van der Waals surface area contributed by atoms with Crippen LogP contribution in [0.5, 0.6) is 5.75 Å². The maximum absolute atomic E-state index is 11.3. The first kappa shape index (κ1) is 15.4. The molecule has 0 aliphatic heterocycles. The molecular weight excluding hydrogens is 288 g/mol. The predicted molar refractivity (Wildman–Crippen MR) is 80.3 cm³/mol. The summed E-state index contributed by atoms with van der Waals surface area (Å²) in [4.78, 5) is 21.3. The second kappa shape index (κ2) is 6.21. The van der Waals surface area contributed by atoms with Crippen LogP contribution in [0.15, 0.2) is 36.4 Å². The fraction of sp³-hybridized carbons (Fsp3) is 0.200. The van der Waals surface area contributed by atoms with Gasteiger partial charge in [-0.1, -0.05) is 24.3 Å². The maximum atomic E-state index is 11.3. The van der Waals surface area contributed by atoms with Crippen LogP contribution >= 0.6 is 0 Å². The van der Waals surface area contributed by atoms with Gasteiger partial charge in [-0.25, -0.2) is 0 Å². The van der Waals surface area contributed by atoms with Crippen molar-refractivity contribution in [3.8, 4) is 5.75 Å². The van der Waals surface area contributed by atoms with Crippen LogP contribution in [0, 0.1) is 27.2 Å². The van der Waals surface area contributed by atoms with Crippen LogP contribution in [0.4, 0.5) is 11.4 Å². The lowest BCUT2D eigenvalue weighted by molar-refractivity contribution is -0.386. The van der Waals surface area contributed by atoms with Crippen molar-refractivity contribution in [1.29, 1.82) is 0 Å². The van der Waals surface area contributed by atoms with Gasteiger partial charge < -0.3 is 4.74 Å². The molecule has 0 aromatic heterocycles. The van der Waals surface area contributed by atoms with Crippen LogP contribution in [0.1, 0.15) is 16.7 Å². The molecule has 2 aromatic rings. The third-order valence-corrected chi connectivity index (χ3v) is 3.48. The largest absolute Gasteiger partial charge is 0.490 e. The number of methoxy groups -OCH3 is 1. The molecule has 2 aromatic carbocycles. The molecule has 0 amide bonds. The summed E-state index contributed by atoms with van der Waals surface area (Å²) < 4.78 is 5.03. The Bertz CT molecular complexity index is 743. The fourth-order valence-corrected chi connectivity index (χ4v) is 2.35. The summed E-state index contributed by atoms with van der Waals surface area (Å²) in [6.45, 7) is 1.64. The quantitative estimate of drug-likeness (QED) is 0.623. The third kappa shape index (κ3) is 2.88. The minimum Gasteiger partial charge on any atom is -0.490 e. The topological polar surface area (TPSA) is 95.5 Å². The maximum Gasteiger partial charge on any atom is 0.314 e. The van der Waals surface area contributed by atoms with Gasteiger partial charge in [-0.3, -0.25) is 20.2 Å². The van der Waals surface area contributed by atoms with Crippen molar-refractivity contribution in [3.63, 3.8) is 0 Å². The van der Waals surface area contributed by atoms with E-state index in [1.54, 1.807) is 31.2 Å². The summed E-state index contributed by atoms with van der Waals surface area (Å²) in [6.07, 6.45) is 0.223. The Morgan fingerprint density at radius 3 is 2.23 bits per heavy atom. The molecule has 0 spiro atoms. The molecule has 7 nitrogen and oxygen atoms in total. The van der Waals surface area contributed by atoms with E-state index in [-0.39, 0.29) is 23.5 Å². The lowest BCUT2D eigenvalue weighted by Gasteiger charge is -2.09. The minimum atomic E-state index is -0.499. The Labute approximate surface area is 126 Å². The number of nitrogens with zero attached hydrogens (tertiary/aromatic N) is 2. The van der Waals surface area contributed by atoms with E-state index in [9.17, 15) is 20.2 Å². The second-order valence-corrected chi connectivity index (χ2v) is 4.72. The molecule has 7 heteroatoms. The Morgan fingerprint density at radius 2 is 1.64 bits per heavy atom. The lowest BCUT2D eigenvalue weighted by Crippen LogP contribution is -2.02. The van der Waals surface area contributed by atoms with Gasteiger partial charge in [0.15, 0.2) is 5.75 Å². The van der Waals surface area contributed by atoms with Gasteiger partial charge in [0.2, 0.25) is 0 Å². The summed E-state index contributed by atoms with van der Waals surface area (Å²) in [5.41, 5.74) is 1.52. The number of benzene rings is 2. The van der Waals surface area contributed by atoms with E-state index in [0.717, 1.165) is 0 Å². The second-order valence-electron chi connectivity index (χ2n) is 4.72. The van der Waals surface area contributed by atoms with Crippen LogP contribution in [0.25, 0.3) is 0 Å². The molecule has 114 valence electrons. The molecule has 0 radical (unpaired) electrons. The van der Waals surface area contributed by atoms with E-state index in [2.05, 4.69) is 0 Å². The standard InChI is InChI=1S/C15H14N2O5/c1-10-11(5-3-7-13(10)16(18)19)9-12-6-4-8-14(22-2)15(12)17(20)21/h3-8H,9H2,1-2H3. The van der Waals surface area contributed by atoms with Crippen LogP contribution in [-0.2, 0) is 6.42 Å². The zero-order valence-electron chi connectivity index (χ0n) is 12.1. The van der Waals surface area contributed by atoms with E-state index < -0.39 is 9.85 Å². The summed E-state index contributed by atoms with van der Waals surface area (Å²) in [6, 6.07) is 9.52.